The molecule has 1 amide bonds. The van der Waals surface area contributed by atoms with Crippen LogP contribution in [0.25, 0.3) is 0 Å². The summed E-state index contributed by atoms with van der Waals surface area (Å²) in [5, 5.41) is 26.3. The Morgan fingerprint density at radius 1 is 1.09 bits per heavy atom. The fourth-order valence-corrected chi connectivity index (χ4v) is 2.80. The number of anilines is 4. The van der Waals surface area contributed by atoms with Crippen LogP contribution in [0.4, 0.5) is 23.1 Å². The summed E-state index contributed by atoms with van der Waals surface area (Å²) in [7, 11) is 3.68. The third kappa shape index (κ3) is 9.33. The van der Waals surface area contributed by atoms with E-state index >= 15 is 0 Å². The van der Waals surface area contributed by atoms with Gasteiger partial charge in [0.25, 0.3) is 6.47 Å². The molecule has 0 bridgehead atoms. The summed E-state index contributed by atoms with van der Waals surface area (Å²) in [6, 6.07) is 18.5. The van der Waals surface area contributed by atoms with Crippen molar-refractivity contribution in [2.75, 3.05) is 43.1 Å². The zero-order valence-electron chi connectivity index (χ0n) is 18.5. The molecule has 10 nitrogen and oxygen atoms in total. The van der Waals surface area contributed by atoms with Gasteiger partial charge in [-0.2, -0.15) is 4.98 Å². The van der Waals surface area contributed by atoms with Gasteiger partial charge in [0, 0.05) is 24.1 Å². The van der Waals surface area contributed by atoms with Crippen molar-refractivity contribution in [1.82, 2.24) is 14.9 Å². The largest absolute Gasteiger partial charge is 0.483 e. The number of aliphatic hydroxyl groups is 1. The Kier molecular flexibility index (Phi) is 10.3. The van der Waals surface area contributed by atoms with Crippen LogP contribution < -0.4 is 16.0 Å². The van der Waals surface area contributed by atoms with E-state index in [9.17, 15) is 9.90 Å². The van der Waals surface area contributed by atoms with E-state index in [1.807, 2.05) is 68.7 Å². The SMILES string of the molecule is CN(C)CC(=O)Nc1cccc(Nc2nccc(NCC(O)c3ccccc3)n2)c1.O=CO. The molecule has 5 N–H and O–H groups in total. The molecule has 1 heterocycles. The van der Waals surface area contributed by atoms with Gasteiger partial charge in [0.15, 0.2) is 0 Å². The van der Waals surface area contributed by atoms with Crippen LogP contribution in [0.15, 0.2) is 66.9 Å². The van der Waals surface area contributed by atoms with Gasteiger partial charge in [-0.3, -0.25) is 9.59 Å². The van der Waals surface area contributed by atoms with Gasteiger partial charge in [-0.05, 0) is 43.9 Å². The second-order valence-electron chi connectivity index (χ2n) is 7.17. The summed E-state index contributed by atoms with van der Waals surface area (Å²) in [6.45, 7) is 0.386. The molecule has 3 aromatic rings. The van der Waals surface area contributed by atoms with E-state index in [1.165, 1.54) is 0 Å². The number of carbonyl (C=O) groups excluding carboxylic acids is 1. The smallest absolute Gasteiger partial charge is 0.290 e. The van der Waals surface area contributed by atoms with E-state index in [2.05, 4.69) is 25.9 Å². The fourth-order valence-electron chi connectivity index (χ4n) is 2.80. The van der Waals surface area contributed by atoms with Crippen LogP contribution >= 0.6 is 0 Å². The summed E-state index contributed by atoms with van der Waals surface area (Å²) in [5.74, 6) is 0.917. The van der Waals surface area contributed by atoms with Gasteiger partial charge in [-0.1, -0.05) is 36.4 Å². The van der Waals surface area contributed by atoms with Crippen molar-refractivity contribution in [3.63, 3.8) is 0 Å². The number of amides is 1. The maximum absolute atomic E-state index is 11.9. The average Bonchev–Trinajstić information content (AvgIpc) is 2.78. The minimum atomic E-state index is -0.639. The van der Waals surface area contributed by atoms with Crippen molar-refractivity contribution in [3.8, 4) is 0 Å². The number of carboxylic acid groups (broad SMARTS) is 1. The first kappa shape index (κ1) is 25.2. The average molecular weight is 453 g/mol. The number of aliphatic hydroxyl groups excluding tert-OH is 1. The molecule has 0 saturated heterocycles. The van der Waals surface area contributed by atoms with E-state index in [-0.39, 0.29) is 12.4 Å². The number of benzene rings is 2. The third-order valence-corrected chi connectivity index (χ3v) is 4.18. The molecule has 174 valence electrons. The summed E-state index contributed by atoms with van der Waals surface area (Å²) < 4.78 is 0. The lowest BCUT2D eigenvalue weighted by atomic mass is 10.1. The van der Waals surface area contributed by atoms with E-state index in [0.717, 1.165) is 11.3 Å². The molecule has 0 aliphatic carbocycles. The molecular formula is C23H28N6O4. The Bertz CT molecular complexity index is 1020. The molecule has 0 saturated carbocycles. The first-order valence-corrected chi connectivity index (χ1v) is 10.1. The van der Waals surface area contributed by atoms with Gasteiger partial charge in [0.2, 0.25) is 11.9 Å². The Labute approximate surface area is 192 Å². The van der Waals surface area contributed by atoms with E-state index in [1.54, 1.807) is 17.2 Å². The highest BCUT2D eigenvalue weighted by molar-refractivity contribution is 5.92. The lowest BCUT2D eigenvalue weighted by Gasteiger charge is -2.13. The molecular weight excluding hydrogens is 424 g/mol. The first-order chi connectivity index (χ1) is 15.9. The predicted molar refractivity (Wildman–Crippen MR) is 128 cm³/mol. The van der Waals surface area contributed by atoms with E-state index in [4.69, 9.17) is 9.90 Å². The fraction of sp³-hybridized carbons (Fsp3) is 0.217. The van der Waals surface area contributed by atoms with Crippen LogP contribution in [0.3, 0.4) is 0 Å². The molecule has 0 aliphatic rings. The molecule has 10 heteroatoms. The Morgan fingerprint density at radius 3 is 2.48 bits per heavy atom. The van der Waals surface area contributed by atoms with Crippen LogP contribution in [0.5, 0.6) is 0 Å². The van der Waals surface area contributed by atoms with Crippen molar-refractivity contribution >= 4 is 35.5 Å². The minimum absolute atomic E-state index is 0.0865. The normalized spacial score (nSPS) is 11.0. The lowest BCUT2D eigenvalue weighted by Crippen LogP contribution is -2.27. The maximum Gasteiger partial charge on any atom is 0.290 e. The van der Waals surface area contributed by atoms with Crippen LogP contribution in [-0.2, 0) is 9.59 Å². The van der Waals surface area contributed by atoms with Crippen LogP contribution in [0, 0.1) is 0 Å². The van der Waals surface area contributed by atoms with Gasteiger partial charge in [-0.15, -0.1) is 0 Å². The zero-order chi connectivity index (χ0) is 24.1. The molecule has 1 unspecified atom stereocenters. The van der Waals surface area contributed by atoms with Crippen LogP contribution in [-0.4, -0.2) is 64.6 Å². The minimum Gasteiger partial charge on any atom is -0.483 e. The van der Waals surface area contributed by atoms with Crippen molar-refractivity contribution in [3.05, 3.63) is 72.4 Å². The standard InChI is InChI=1S/C22H26N6O2.CH2O2/c1-28(2)15-21(30)25-17-9-6-10-18(13-17)26-22-23-12-11-20(27-22)24-14-19(29)16-7-4-3-5-8-16;2-1-3/h3-13,19,29H,14-15H2,1-2H3,(H,25,30)(H2,23,24,26,27);1H,(H,2,3). The number of hydrogen-bond donors (Lipinski definition) is 5. The lowest BCUT2D eigenvalue weighted by molar-refractivity contribution is -0.123. The molecule has 33 heavy (non-hydrogen) atoms. The first-order valence-electron chi connectivity index (χ1n) is 10.1. The Morgan fingerprint density at radius 2 is 1.79 bits per heavy atom. The van der Waals surface area contributed by atoms with Gasteiger partial charge in [0.1, 0.15) is 5.82 Å². The molecule has 2 aromatic carbocycles. The van der Waals surface area contributed by atoms with Crippen molar-refractivity contribution in [2.24, 2.45) is 0 Å². The molecule has 3 rings (SSSR count). The van der Waals surface area contributed by atoms with E-state index < -0.39 is 6.10 Å². The van der Waals surface area contributed by atoms with Gasteiger partial charge < -0.3 is 31.1 Å². The maximum atomic E-state index is 11.9. The number of carbonyl (C=O) groups is 2. The van der Waals surface area contributed by atoms with Gasteiger partial charge in [-0.25, -0.2) is 4.98 Å². The Hall–Kier alpha value is -4.02. The number of hydrogen-bond acceptors (Lipinski definition) is 8. The number of nitrogens with one attached hydrogen (secondary N) is 3. The molecule has 0 aliphatic heterocycles. The molecule has 0 fully saturated rings. The molecule has 1 atom stereocenters. The van der Waals surface area contributed by atoms with Crippen LogP contribution in [0.1, 0.15) is 11.7 Å². The summed E-state index contributed by atoms with van der Waals surface area (Å²) in [5.41, 5.74) is 2.27. The Balaban J connectivity index is 0.00000122. The summed E-state index contributed by atoms with van der Waals surface area (Å²) in [6.07, 6.45) is 0.995. The van der Waals surface area contributed by atoms with Crippen molar-refractivity contribution in [2.45, 2.75) is 6.10 Å². The van der Waals surface area contributed by atoms with Crippen molar-refractivity contribution < 1.29 is 19.8 Å². The number of nitrogens with zero attached hydrogens (tertiary/aromatic N) is 3. The zero-order valence-corrected chi connectivity index (χ0v) is 18.5. The monoisotopic (exact) mass is 452 g/mol. The topological polar surface area (TPSA) is 140 Å². The highest BCUT2D eigenvalue weighted by Crippen LogP contribution is 2.19. The van der Waals surface area contributed by atoms with E-state index in [0.29, 0.717) is 30.5 Å². The predicted octanol–water partition coefficient (Wildman–Crippen LogP) is 2.57. The quantitative estimate of drug-likeness (QED) is 0.310. The highest BCUT2D eigenvalue weighted by Gasteiger charge is 2.08. The van der Waals surface area contributed by atoms with Crippen LogP contribution in [0.2, 0.25) is 0 Å². The van der Waals surface area contributed by atoms with Gasteiger partial charge in [0.05, 0.1) is 12.6 Å². The van der Waals surface area contributed by atoms with Crippen molar-refractivity contribution in [1.29, 1.82) is 0 Å². The highest BCUT2D eigenvalue weighted by atomic mass is 16.3. The summed E-state index contributed by atoms with van der Waals surface area (Å²) in [4.78, 5) is 30.8. The molecule has 0 spiro atoms. The third-order valence-electron chi connectivity index (χ3n) is 4.18. The number of rotatable bonds is 9. The molecule has 0 radical (unpaired) electrons. The number of aromatic nitrogens is 2. The van der Waals surface area contributed by atoms with Gasteiger partial charge >= 0.3 is 0 Å². The summed E-state index contributed by atoms with van der Waals surface area (Å²) >= 11 is 0. The second kappa shape index (κ2) is 13.4. The second-order valence-corrected chi connectivity index (χ2v) is 7.17. The number of likely N-dealkylation sites (N-methyl/N-ethyl adjacent to an activating group) is 1. The molecule has 1 aromatic heterocycles.